The molecule has 0 aromatic rings. The van der Waals surface area contributed by atoms with E-state index in [1.54, 1.807) is 0 Å². The number of ether oxygens (including phenoxy) is 3. The van der Waals surface area contributed by atoms with Crippen molar-refractivity contribution < 1.29 is 28.6 Å². The molecule has 1 unspecified atom stereocenters. The summed E-state index contributed by atoms with van der Waals surface area (Å²) in [6.45, 7) is 6.51. The number of hydrogen-bond acceptors (Lipinski definition) is 6. The van der Waals surface area contributed by atoms with Gasteiger partial charge in [0, 0.05) is 19.3 Å². The van der Waals surface area contributed by atoms with Gasteiger partial charge >= 0.3 is 17.9 Å². The molecule has 0 aromatic heterocycles. The highest BCUT2D eigenvalue weighted by Gasteiger charge is 2.19. The quantitative estimate of drug-likeness (QED) is 0.0261. The molecule has 0 N–H and O–H groups in total. The van der Waals surface area contributed by atoms with Crippen LogP contribution < -0.4 is 0 Å². The Labute approximate surface area is 508 Å². The first-order chi connectivity index (χ1) is 40.5. The predicted octanol–water partition coefficient (Wildman–Crippen LogP) is 24.4. The number of unbranched alkanes of at least 4 members (excludes halogenated alkanes) is 37. The van der Waals surface area contributed by atoms with Crippen molar-refractivity contribution in [2.24, 2.45) is 0 Å². The first kappa shape index (κ1) is 78.3. The van der Waals surface area contributed by atoms with Crippen molar-refractivity contribution in [2.45, 2.75) is 354 Å². The predicted molar refractivity (Wildman–Crippen MR) is 357 cm³/mol. The topological polar surface area (TPSA) is 78.9 Å². The molecule has 6 heteroatoms. The first-order valence-corrected chi connectivity index (χ1v) is 35.2. The van der Waals surface area contributed by atoms with Crippen molar-refractivity contribution in [3.8, 4) is 0 Å². The summed E-state index contributed by atoms with van der Waals surface area (Å²) in [6.07, 6.45) is 94.4. The molecular weight excluding hydrogens is 1010 g/mol. The first-order valence-electron chi connectivity index (χ1n) is 35.2. The summed E-state index contributed by atoms with van der Waals surface area (Å²) in [4.78, 5) is 38.4. The number of carbonyl (C=O) groups excluding carboxylic acids is 3. The summed E-state index contributed by atoms with van der Waals surface area (Å²) in [7, 11) is 0. The molecule has 0 heterocycles. The molecule has 472 valence electrons. The molecule has 82 heavy (non-hydrogen) atoms. The molecule has 0 saturated heterocycles. The number of carbonyl (C=O) groups is 3. The maximum atomic E-state index is 12.9. The molecule has 0 radical (unpaired) electrons. The Morgan fingerprint density at radius 2 is 0.476 bits per heavy atom. The zero-order valence-electron chi connectivity index (χ0n) is 54.2. The third-order valence-electron chi connectivity index (χ3n) is 15.3. The number of allylic oxidation sites excluding steroid dienone is 16. The van der Waals surface area contributed by atoms with Gasteiger partial charge < -0.3 is 14.2 Å². The van der Waals surface area contributed by atoms with Crippen LogP contribution in [0.2, 0.25) is 0 Å². The number of rotatable bonds is 64. The number of esters is 3. The van der Waals surface area contributed by atoms with E-state index in [0.717, 1.165) is 96.3 Å². The summed E-state index contributed by atoms with van der Waals surface area (Å²) < 4.78 is 16.9. The molecule has 6 nitrogen and oxygen atoms in total. The smallest absolute Gasteiger partial charge is 0.306 e. The van der Waals surface area contributed by atoms with E-state index in [1.165, 1.54) is 205 Å². The monoisotopic (exact) mass is 1140 g/mol. The molecule has 0 aliphatic heterocycles. The van der Waals surface area contributed by atoms with E-state index in [9.17, 15) is 14.4 Å². The Kier molecular flexibility index (Phi) is 66.7. The van der Waals surface area contributed by atoms with Crippen molar-refractivity contribution in [2.75, 3.05) is 13.2 Å². The van der Waals surface area contributed by atoms with Crippen molar-refractivity contribution >= 4 is 17.9 Å². The Balaban J connectivity index is 4.31. The van der Waals surface area contributed by atoms with Crippen LogP contribution in [0.15, 0.2) is 97.2 Å². The highest BCUT2D eigenvalue weighted by molar-refractivity contribution is 5.71. The minimum Gasteiger partial charge on any atom is -0.462 e. The van der Waals surface area contributed by atoms with Crippen LogP contribution in [0.3, 0.4) is 0 Å². The van der Waals surface area contributed by atoms with E-state index in [0.29, 0.717) is 19.3 Å². The Morgan fingerprint density at radius 1 is 0.256 bits per heavy atom. The molecule has 0 aliphatic rings. The Morgan fingerprint density at radius 3 is 0.780 bits per heavy atom. The zero-order chi connectivity index (χ0) is 59.2. The molecule has 0 amide bonds. The van der Waals surface area contributed by atoms with E-state index in [2.05, 4.69) is 118 Å². The molecule has 0 aliphatic carbocycles. The van der Waals surface area contributed by atoms with Crippen LogP contribution in [0.5, 0.6) is 0 Å². The summed E-state index contributed by atoms with van der Waals surface area (Å²) in [5, 5.41) is 0. The highest BCUT2D eigenvalue weighted by Crippen LogP contribution is 2.17. The largest absolute Gasteiger partial charge is 0.462 e. The minimum absolute atomic E-state index is 0.0958. The molecule has 0 saturated carbocycles. The normalized spacial score (nSPS) is 12.7. The van der Waals surface area contributed by atoms with Gasteiger partial charge in [0.05, 0.1) is 0 Å². The SMILES string of the molecule is CC/C=C\C/C=C\C/C=C\C/C=C\C/C=C\C/C=C\CCCCC(=O)OC(COC(=O)CCCCCCC/C=C\CCCCCCC)COC(=O)CCCCCCCCCCCCCCCCCCC/C=C\CCCCCCCCCC. The van der Waals surface area contributed by atoms with Gasteiger partial charge in [-0.25, -0.2) is 0 Å². The molecule has 1 atom stereocenters. The summed E-state index contributed by atoms with van der Waals surface area (Å²) in [6, 6.07) is 0. The fourth-order valence-corrected chi connectivity index (χ4v) is 10.0. The molecule has 0 aromatic carbocycles. The fraction of sp³-hybridized carbons (Fsp3) is 0.750. The second-order valence-corrected chi connectivity index (χ2v) is 23.4. The third kappa shape index (κ3) is 67.1. The van der Waals surface area contributed by atoms with E-state index >= 15 is 0 Å². The molecule has 0 rings (SSSR count). The second kappa shape index (κ2) is 69.8. The maximum Gasteiger partial charge on any atom is 0.306 e. The lowest BCUT2D eigenvalue weighted by Gasteiger charge is -2.18. The summed E-state index contributed by atoms with van der Waals surface area (Å²) in [5.74, 6) is -0.935. The Bertz CT molecular complexity index is 1590. The standard InChI is InChI=1S/C76H132O6/c1-4-7-10-13-16-19-22-25-28-30-32-34-35-36-37-38-39-40-41-43-44-46-48-51-54-57-60-63-66-69-75(78)81-72-73(71-80-74(77)68-65-62-59-56-53-50-27-24-21-18-15-12-9-6-3)82-76(79)70-67-64-61-58-55-52-49-47-45-42-33-31-29-26-23-20-17-14-11-8-5-2/h8,11,17,20,24,26-27,29-30,32-33,42,47,49,55,58,73H,4-7,9-10,12-16,18-19,21-23,25,28,31,34-41,43-46,48,50-54,56-57,59-72H2,1-3H3/b11-8-,20-17-,27-24-,29-26-,32-30-,42-33-,49-47-,58-55-. The lowest BCUT2D eigenvalue weighted by molar-refractivity contribution is -0.167. The third-order valence-corrected chi connectivity index (χ3v) is 15.3. The molecule has 0 bridgehead atoms. The van der Waals surface area contributed by atoms with Gasteiger partial charge in [0.15, 0.2) is 6.10 Å². The van der Waals surface area contributed by atoms with Gasteiger partial charge in [0.25, 0.3) is 0 Å². The maximum absolute atomic E-state index is 12.9. The van der Waals surface area contributed by atoms with Crippen molar-refractivity contribution in [1.29, 1.82) is 0 Å². The van der Waals surface area contributed by atoms with E-state index in [1.807, 2.05) is 0 Å². The Hall–Kier alpha value is -3.67. The van der Waals surface area contributed by atoms with E-state index in [-0.39, 0.29) is 37.5 Å². The summed E-state index contributed by atoms with van der Waals surface area (Å²) >= 11 is 0. The second-order valence-electron chi connectivity index (χ2n) is 23.4. The van der Waals surface area contributed by atoms with E-state index in [4.69, 9.17) is 14.2 Å². The van der Waals surface area contributed by atoms with Crippen LogP contribution in [0.1, 0.15) is 348 Å². The minimum atomic E-state index is -0.806. The van der Waals surface area contributed by atoms with Gasteiger partial charge in [0.2, 0.25) is 0 Å². The van der Waals surface area contributed by atoms with Crippen molar-refractivity contribution in [1.82, 2.24) is 0 Å². The highest BCUT2D eigenvalue weighted by atomic mass is 16.6. The average molecular weight is 1140 g/mol. The van der Waals surface area contributed by atoms with Crippen LogP contribution in [0, 0.1) is 0 Å². The zero-order valence-corrected chi connectivity index (χ0v) is 54.2. The van der Waals surface area contributed by atoms with Crippen LogP contribution in [0.4, 0.5) is 0 Å². The van der Waals surface area contributed by atoms with Gasteiger partial charge in [-0.05, 0) is 122 Å². The lowest BCUT2D eigenvalue weighted by atomic mass is 10.0. The fourth-order valence-electron chi connectivity index (χ4n) is 10.0. The molecule has 0 fully saturated rings. The molecular formula is C76H132O6. The number of hydrogen-bond donors (Lipinski definition) is 0. The van der Waals surface area contributed by atoms with Crippen LogP contribution in [0.25, 0.3) is 0 Å². The summed E-state index contributed by atoms with van der Waals surface area (Å²) in [5.41, 5.74) is 0. The van der Waals surface area contributed by atoms with Crippen LogP contribution >= 0.6 is 0 Å². The lowest BCUT2D eigenvalue weighted by Crippen LogP contribution is -2.30. The average Bonchev–Trinajstić information content (AvgIpc) is 3.47. The van der Waals surface area contributed by atoms with Crippen molar-refractivity contribution in [3.63, 3.8) is 0 Å². The van der Waals surface area contributed by atoms with Gasteiger partial charge in [-0.3, -0.25) is 14.4 Å². The van der Waals surface area contributed by atoms with Gasteiger partial charge in [-0.1, -0.05) is 304 Å². The van der Waals surface area contributed by atoms with Crippen molar-refractivity contribution in [3.05, 3.63) is 97.2 Å². The van der Waals surface area contributed by atoms with Gasteiger partial charge in [-0.2, -0.15) is 0 Å². The van der Waals surface area contributed by atoms with Crippen LogP contribution in [-0.2, 0) is 28.6 Å². The van der Waals surface area contributed by atoms with Gasteiger partial charge in [-0.15, -0.1) is 0 Å². The molecule has 0 spiro atoms. The van der Waals surface area contributed by atoms with E-state index < -0.39 is 6.10 Å². The van der Waals surface area contributed by atoms with Crippen LogP contribution in [-0.4, -0.2) is 37.2 Å². The van der Waals surface area contributed by atoms with Gasteiger partial charge in [0.1, 0.15) is 13.2 Å².